The predicted octanol–water partition coefficient (Wildman–Crippen LogP) is 0.503. The Morgan fingerprint density at radius 1 is 1.22 bits per heavy atom. The lowest BCUT2D eigenvalue weighted by molar-refractivity contribution is -0.120. The van der Waals surface area contributed by atoms with Gasteiger partial charge in [-0.15, -0.1) is 0 Å². The van der Waals surface area contributed by atoms with Crippen molar-refractivity contribution < 1.29 is 34.5 Å². The number of ketones is 1. The number of phenols is 1. The minimum atomic E-state index is -4.71. The molecule has 0 fully saturated rings. The van der Waals surface area contributed by atoms with Gasteiger partial charge in [-0.25, -0.2) is 4.57 Å². The van der Waals surface area contributed by atoms with Gasteiger partial charge in [-0.05, 0) is 24.1 Å². The number of carbonyl (C=O) groups is 1. The molecule has 0 bridgehead atoms. The van der Waals surface area contributed by atoms with Gasteiger partial charge in [0.1, 0.15) is 11.5 Å². The van der Waals surface area contributed by atoms with Crippen molar-refractivity contribution in [3.05, 3.63) is 53.4 Å². The van der Waals surface area contributed by atoms with Crippen LogP contribution in [0.1, 0.15) is 5.56 Å². The lowest BCUT2D eigenvalue weighted by atomic mass is 9.86. The molecule has 0 spiro atoms. The number of phenolic OH excluding ortho intramolecular Hbond substituents is 1. The summed E-state index contributed by atoms with van der Waals surface area (Å²) in [4.78, 5) is 30.0. The third-order valence-corrected chi connectivity index (χ3v) is 3.80. The van der Waals surface area contributed by atoms with Crippen LogP contribution >= 0.6 is 7.75 Å². The van der Waals surface area contributed by atoms with Crippen molar-refractivity contribution in [2.45, 2.75) is 12.5 Å². The van der Waals surface area contributed by atoms with E-state index in [0.29, 0.717) is 5.56 Å². The maximum absolute atomic E-state index is 12.0. The zero-order valence-electron chi connectivity index (χ0n) is 11.8. The molecule has 0 radical (unpaired) electrons. The molecule has 23 heavy (non-hydrogen) atoms. The first-order valence-electron chi connectivity index (χ1n) is 6.61. The molecule has 9 heteroatoms. The largest absolute Gasteiger partial charge is 0.508 e. The molecule has 2 atom stereocenters. The van der Waals surface area contributed by atoms with Gasteiger partial charge in [0, 0.05) is 17.8 Å². The van der Waals surface area contributed by atoms with Crippen LogP contribution in [0.5, 0.6) is 5.75 Å². The summed E-state index contributed by atoms with van der Waals surface area (Å²) in [6.45, 7) is 0. The van der Waals surface area contributed by atoms with Crippen molar-refractivity contribution in [1.82, 2.24) is 5.09 Å². The number of rotatable bonds is 5. The molecule has 1 aliphatic carbocycles. The molecule has 0 saturated heterocycles. The van der Waals surface area contributed by atoms with Gasteiger partial charge in [-0.2, -0.15) is 0 Å². The first-order valence-corrected chi connectivity index (χ1v) is 8.23. The third kappa shape index (κ3) is 4.67. The van der Waals surface area contributed by atoms with Crippen LogP contribution in [0, 0.1) is 5.92 Å². The Labute approximate surface area is 131 Å². The van der Waals surface area contributed by atoms with Gasteiger partial charge >= 0.3 is 7.75 Å². The van der Waals surface area contributed by atoms with Crippen molar-refractivity contribution in [1.29, 1.82) is 0 Å². The SMILES string of the molecule is O=C1C=C(O)C=C(NP(=O)(O)O)C1C(O)Cc1cccc(O)c1. The number of hydrogen-bond donors (Lipinski definition) is 6. The van der Waals surface area contributed by atoms with E-state index in [4.69, 9.17) is 9.79 Å². The summed E-state index contributed by atoms with van der Waals surface area (Å²) in [6, 6.07) is 6.05. The highest BCUT2D eigenvalue weighted by molar-refractivity contribution is 7.49. The first kappa shape index (κ1) is 17.2. The molecular formula is C14H16NO7P. The molecule has 0 aliphatic heterocycles. The van der Waals surface area contributed by atoms with Crippen LogP contribution in [0.3, 0.4) is 0 Å². The van der Waals surface area contributed by atoms with Crippen LogP contribution in [-0.4, -0.2) is 37.0 Å². The summed E-state index contributed by atoms with van der Waals surface area (Å²) in [5.41, 5.74) is 0.274. The molecule has 2 rings (SSSR count). The molecule has 124 valence electrons. The Bertz CT molecular complexity index is 722. The number of carbonyl (C=O) groups excluding carboxylic acids is 1. The topological polar surface area (TPSA) is 147 Å². The number of aliphatic hydroxyl groups is 2. The first-order chi connectivity index (χ1) is 10.7. The highest BCUT2D eigenvalue weighted by atomic mass is 31.2. The van der Waals surface area contributed by atoms with E-state index >= 15 is 0 Å². The maximum Gasteiger partial charge on any atom is 0.427 e. The molecule has 6 N–H and O–H groups in total. The van der Waals surface area contributed by atoms with E-state index in [0.717, 1.165) is 12.2 Å². The van der Waals surface area contributed by atoms with Crippen molar-refractivity contribution in [3.63, 3.8) is 0 Å². The molecule has 1 aromatic carbocycles. The second-order valence-corrected chi connectivity index (χ2v) is 6.46. The Morgan fingerprint density at radius 2 is 1.91 bits per heavy atom. The summed E-state index contributed by atoms with van der Waals surface area (Å²) < 4.78 is 11.1. The van der Waals surface area contributed by atoms with Gasteiger partial charge in [-0.3, -0.25) is 9.88 Å². The molecule has 2 unspecified atom stereocenters. The van der Waals surface area contributed by atoms with Gasteiger partial charge in [0.25, 0.3) is 0 Å². The van der Waals surface area contributed by atoms with Crippen LogP contribution in [0.2, 0.25) is 0 Å². The second-order valence-electron chi connectivity index (χ2n) is 5.15. The zero-order valence-corrected chi connectivity index (χ0v) is 12.7. The summed E-state index contributed by atoms with van der Waals surface area (Å²) in [5, 5.41) is 31.0. The van der Waals surface area contributed by atoms with E-state index in [-0.39, 0.29) is 17.9 Å². The smallest absolute Gasteiger partial charge is 0.427 e. The normalized spacial score (nSPS) is 19.8. The standard InChI is InChI=1S/C14H16NO7P/c16-9-3-1-2-8(4-9)5-12(18)14-11(15-23(20,21)22)6-10(17)7-13(14)19/h1-4,6-7,12,14,16-18H,5H2,(H3,15,20,21,22). The molecule has 0 amide bonds. The van der Waals surface area contributed by atoms with Crippen molar-refractivity contribution in [2.75, 3.05) is 0 Å². The van der Waals surface area contributed by atoms with E-state index in [1.54, 1.807) is 12.1 Å². The number of allylic oxidation sites excluding steroid dienone is 2. The van der Waals surface area contributed by atoms with Crippen LogP contribution in [-0.2, 0) is 15.8 Å². The van der Waals surface area contributed by atoms with E-state index in [9.17, 15) is 24.7 Å². The Kier molecular flexibility index (Phi) is 4.91. The maximum atomic E-state index is 12.0. The summed E-state index contributed by atoms with van der Waals surface area (Å²) in [5.74, 6) is -2.42. The van der Waals surface area contributed by atoms with E-state index < -0.39 is 31.3 Å². The molecule has 0 saturated carbocycles. The van der Waals surface area contributed by atoms with E-state index in [1.165, 1.54) is 12.1 Å². The fourth-order valence-corrected chi connectivity index (χ4v) is 2.93. The lowest BCUT2D eigenvalue weighted by Crippen LogP contribution is -2.36. The van der Waals surface area contributed by atoms with Gasteiger partial charge < -0.3 is 25.1 Å². The van der Waals surface area contributed by atoms with Crippen molar-refractivity contribution in [2.24, 2.45) is 5.92 Å². The van der Waals surface area contributed by atoms with Gasteiger partial charge in [0.2, 0.25) is 0 Å². The molecule has 1 aliphatic rings. The summed E-state index contributed by atoms with van der Waals surface area (Å²) >= 11 is 0. The van der Waals surface area contributed by atoms with Crippen LogP contribution in [0.4, 0.5) is 0 Å². The fourth-order valence-electron chi connectivity index (χ4n) is 2.39. The summed E-state index contributed by atoms with van der Waals surface area (Å²) in [7, 11) is -4.71. The number of aromatic hydroxyl groups is 1. The van der Waals surface area contributed by atoms with Crippen LogP contribution in [0.25, 0.3) is 0 Å². The van der Waals surface area contributed by atoms with Gasteiger partial charge in [0.05, 0.1) is 12.0 Å². The van der Waals surface area contributed by atoms with Gasteiger partial charge in [0.15, 0.2) is 5.78 Å². The molecule has 0 heterocycles. The Morgan fingerprint density at radius 3 is 2.52 bits per heavy atom. The van der Waals surface area contributed by atoms with Crippen molar-refractivity contribution >= 4 is 13.5 Å². The third-order valence-electron chi connectivity index (χ3n) is 3.25. The lowest BCUT2D eigenvalue weighted by Gasteiger charge is -2.27. The average Bonchev–Trinajstić information content (AvgIpc) is 2.35. The average molecular weight is 341 g/mol. The summed E-state index contributed by atoms with van der Waals surface area (Å²) in [6.07, 6.45) is 0.524. The monoisotopic (exact) mass is 341 g/mol. The minimum Gasteiger partial charge on any atom is -0.508 e. The zero-order chi connectivity index (χ0) is 17.2. The van der Waals surface area contributed by atoms with Gasteiger partial charge in [-0.1, -0.05) is 12.1 Å². The van der Waals surface area contributed by atoms with E-state index in [1.807, 2.05) is 5.09 Å². The molecule has 0 aromatic heterocycles. The quantitative estimate of drug-likeness (QED) is 0.424. The Hall–Kier alpha value is -2.12. The van der Waals surface area contributed by atoms with Crippen LogP contribution < -0.4 is 5.09 Å². The molecule has 1 aromatic rings. The highest BCUT2D eigenvalue weighted by Gasteiger charge is 2.35. The van der Waals surface area contributed by atoms with Crippen LogP contribution in [0.15, 0.2) is 47.9 Å². The van der Waals surface area contributed by atoms with Crippen molar-refractivity contribution in [3.8, 4) is 5.75 Å². The van der Waals surface area contributed by atoms with E-state index in [2.05, 4.69) is 0 Å². The number of hydrogen-bond acceptors (Lipinski definition) is 5. The highest BCUT2D eigenvalue weighted by Crippen LogP contribution is 2.35. The minimum absolute atomic E-state index is 0.00804. The fraction of sp³-hybridized carbons (Fsp3) is 0.214. The number of nitrogens with one attached hydrogen (secondary N) is 1. The number of aliphatic hydroxyl groups excluding tert-OH is 2. The second kappa shape index (κ2) is 6.55. The molecular weight excluding hydrogens is 325 g/mol. The molecule has 8 nitrogen and oxygen atoms in total. The predicted molar refractivity (Wildman–Crippen MR) is 80.3 cm³/mol. The Balaban J connectivity index is 2.25. The number of benzene rings is 1.